The van der Waals surface area contributed by atoms with Crippen molar-refractivity contribution in [3.63, 3.8) is 0 Å². The van der Waals surface area contributed by atoms with E-state index < -0.39 is 0 Å². The molecule has 7 aromatic heterocycles. The fraction of sp³-hybridized carbons (Fsp3) is 0. The molecule has 9 nitrogen and oxygen atoms in total. The summed E-state index contributed by atoms with van der Waals surface area (Å²) in [5.41, 5.74) is 24.9. The van der Waals surface area contributed by atoms with Crippen LogP contribution in [0.4, 0.5) is 0 Å². The average molecular weight is 1400 g/mol. The van der Waals surface area contributed by atoms with E-state index in [1.54, 1.807) is 6.20 Å². The van der Waals surface area contributed by atoms with Crippen molar-refractivity contribution >= 4 is 109 Å². The van der Waals surface area contributed by atoms with Crippen LogP contribution in [0.5, 0.6) is 0 Å². The molecule has 7 heterocycles. The van der Waals surface area contributed by atoms with Crippen LogP contribution in [-0.2, 0) is 0 Å². The maximum Gasteiger partial charge on any atom is 0.160 e. The molecular weight excluding hydrogens is 1340 g/mol. The molecule has 0 radical (unpaired) electrons. The first kappa shape index (κ1) is 62.4. The molecule has 0 aliphatic rings. The summed E-state index contributed by atoms with van der Waals surface area (Å²) in [7, 11) is 0. The summed E-state index contributed by atoms with van der Waals surface area (Å²) in [4.78, 5) is 46.6. The molecule has 9 heteroatoms. The highest BCUT2D eigenvalue weighted by Crippen LogP contribution is 2.43. The standard InChI is InChI=1S/C101H59N9/c1-2-11-68(12-3-1)94-83-18-4-6-20-90(83)107-100(109-94)71-36-30-64(31-37-71)88-53-49-82-85(58-77-46-52-87(104-98(77)99(82)106-88)63-28-24-61(25-29-63)80-47-42-67-33-32-65-13-8-14-66-43-48-81(80)93(67)92(65)66)75-41-40-73-55-72(38-39-74(73)56-75)60-22-26-62(27-23-60)86-50-44-69-34-35-70-45-51-89(105-97(70)96(69)103-86)76-15-9-16-78(57-76)101-108-91-21-7-5-19-84(91)95(110-101)79-17-10-54-102-59-79/h1-59H. The van der Waals surface area contributed by atoms with E-state index in [1.807, 2.05) is 60.8 Å². The zero-order valence-corrected chi connectivity index (χ0v) is 59.1. The maximum absolute atomic E-state index is 5.60. The second-order valence-electron chi connectivity index (χ2n) is 28.4. The largest absolute Gasteiger partial charge is 0.264 e. The third kappa shape index (κ3) is 10.7. The van der Waals surface area contributed by atoms with Crippen LogP contribution in [0.2, 0.25) is 0 Å². The molecule has 22 aromatic rings. The van der Waals surface area contributed by atoms with Crippen molar-refractivity contribution in [1.82, 2.24) is 44.9 Å². The number of nitrogens with zero attached hydrogens (tertiary/aromatic N) is 9. The minimum Gasteiger partial charge on any atom is -0.264 e. The Morgan fingerprint density at radius 2 is 0.627 bits per heavy atom. The first-order valence-corrected chi connectivity index (χ1v) is 37.0. The average Bonchev–Trinajstić information content (AvgIpc) is 0.738. The van der Waals surface area contributed by atoms with Crippen molar-refractivity contribution in [2.75, 3.05) is 0 Å². The first-order valence-electron chi connectivity index (χ1n) is 37.0. The lowest BCUT2D eigenvalue weighted by molar-refractivity contribution is 1.22. The zero-order valence-electron chi connectivity index (χ0n) is 59.1. The van der Waals surface area contributed by atoms with Gasteiger partial charge < -0.3 is 0 Å². The molecule has 0 aliphatic carbocycles. The van der Waals surface area contributed by atoms with Gasteiger partial charge in [-0.05, 0) is 155 Å². The molecule has 0 amide bonds. The Morgan fingerprint density at radius 3 is 1.29 bits per heavy atom. The fourth-order valence-electron chi connectivity index (χ4n) is 16.3. The second kappa shape index (κ2) is 25.4. The van der Waals surface area contributed by atoms with Gasteiger partial charge in [-0.15, -0.1) is 0 Å². The Kier molecular flexibility index (Phi) is 14.4. The SMILES string of the molecule is c1ccc(-c2nc(-c3ccc(-c4ccc5c(-c6ccc7cc(-c8ccc(-c9ccc%10ccc%11ccc(-c%12cccc(-c%13nc(-c%14cccnc%14)c%14ccccc%14n%13)c%12)nc%11c%10n9)cc8)ccc7c6)cc6ccc(-c7ccc(-c8ccc9ccc%10cccc%11ccc8c9c%10%11)cc7)nc6c5n4)cc3)nc3ccccc23)cc1. The Morgan fingerprint density at radius 1 is 0.182 bits per heavy atom. The molecule has 0 saturated heterocycles. The van der Waals surface area contributed by atoms with Crippen LogP contribution >= 0.6 is 0 Å². The topological polar surface area (TPSA) is 116 Å². The van der Waals surface area contributed by atoms with Crippen LogP contribution in [-0.4, -0.2) is 44.9 Å². The molecule has 22 rings (SSSR count). The molecule has 508 valence electrons. The summed E-state index contributed by atoms with van der Waals surface area (Å²) in [5, 5.41) is 16.0. The van der Waals surface area contributed by atoms with Gasteiger partial charge in [-0.25, -0.2) is 39.9 Å². The highest BCUT2D eigenvalue weighted by atomic mass is 14.9. The number of aromatic nitrogens is 9. The van der Waals surface area contributed by atoms with Crippen LogP contribution in [0.15, 0.2) is 358 Å². The van der Waals surface area contributed by atoms with E-state index in [4.69, 9.17) is 39.9 Å². The van der Waals surface area contributed by atoms with E-state index in [0.29, 0.717) is 11.6 Å². The van der Waals surface area contributed by atoms with Gasteiger partial charge in [-0.2, -0.15) is 0 Å². The Labute approximate surface area is 631 Å². The second-order valence-corrected chi connectivity index (χ2v) is 28.4. The monoisotopic (exact) mass is 1400 g/mol. The lowest BCUT2D eigenvalue weighted by atomic mass is 9.89. The smallest absolute Gasteiger partial charge is 0.160 e. The van der Waals surface area contributed by atoms with Crippen LogP contribution in [0.3, 0.4) is 0 Å². The third-order valence-electron chi connectivity index (χ3n) is 21.9. The lowest BCUT2D eigenvalue weighted by Crippen LogP contribution is -1.96. The van der Waals surface area contributed by atoms with Gasteiger partial charge in [0.2, 0.25) is 0 Å². The van der Waals surface area contributed by atoms with E-state index in [0.717, 1.165) is 183 Å². The quantitative estimate of drug-likeness (QED) is 0.117. The lowest BCUT2D eigenvalue weighted by Gasteiger charge is -2.15. The Bertz CT molecular complexity index is 7480. The van der Waals surface area contributed by atoms with E-state index in [-0.39, 0.29) is 0 Å². The van der Waals surface area contributed by atoms with Gasteiger partial charge in [0.1, 0.15) is 0 Å². The molecule has 0 atom stereocenters. The van der Waals surface area contributed by atoms with Crippen molar-refractivity contribution in [2.24, 2.45) is 0 Å². The van der Waals surface area contributed by atoms with Gasteiger partial charge in [0.25, 0.3) is 0 Å². The van der Waals surface area contributed by atoms with Crippen LogP contribution in [0.1, 0.15) is 0 Å². The molecule has 0 bridgehead atoms. The summed E-state index contributed by atoms with van der Waals surface area (Å²) in [5.74, 6) is 1.31. The minimum absolute atomic E-state index is 0.638. The molecule has 0 saturated carbocycles. The van der Waals surface area contributed by atoms with Crippen molar-refractivity contribution in [2.45, 2.75) is 0 Å². The number of rotatable bonds is 11. The number of pyridine rings is 5. The summed E-state index contributed by atoms with van der Waals surface area (Å²) in [6.07, 6.45) is 3.63. The number of benzene rings is 15. The molecule has 0 spiro atoms. The van der Waals surface area contributed by atoms with E-state index in [1.165, 1.54) is 37.9 Å². The molecular formula is C101H59N9. The highest BCUT2D eigenvalue weighted by molar-refractivity contribution is 6.25. The van der Waals surface area contributed by atoms with Crippen LogP contribution < -0.4 is 0 Å². The van der Waals surface area contributed by atoms with E-state index in [2.05, 4.69) is 296 Å². The number of hydrogen-bond donors (Lipinski definition) is 0. The van der Waals surface area contributed by atoms with E-state index >= 15 is 0 Å². The molecule has 0 aliphatic heterocycles. The molecule has 0 fully saturated rings. The van der Waals surface area contributed by atoms with Crippen LogP contribution in [0.25, 0.3) is 232 Å². The normalized spacial score (nSPS) is 11.8. The first-order chi connectivity index (χ1) is 54.4. The van der Waals surface area contributed by atoms with E-state index in [9.17, 15) is 0 Å². The predicted molar refractivity (Wildman–Crippen MR) is 453 cm³/mol. The maximum atomic E-state index is 5.60. The number of hydrogen-bond acceptors (Lipinski definition) is 9. The van der Waals surface area contributed by atoms with Crippen molar-refractivity contribution in [3.8, 4) is 124 Å². The molecule has 0 N–H and O–H groups in total. The predicted octanol–water partition coefficient (Wildman–Crippen LogP) is 25.5. The van der Waals surface area contributed by atoms with Gasteiger partial charge >= 0.3 is 0 Å². The molecule has 15 aromatic carbocycles. The van der Waals surface area contributed by atoms with Crippen molar-refractivity contribution in [1.29, 1.82) is 0 Å². The Balaban J connectivity index is 0.581. The van der Waals surface area contributed by atoms with Gasteiger partial charge in [0.15, 0.2) is 11.6 Å². The summed E-state index contributed by atoms with van der Waals surface area (Å²) < 4.78 is 0. The number of fused-ring (bicyclic) bond motifs is 9. The van der Waals surface area contributed by atoms with Gasteiger partial charge in [0.05, 0.1) is 67.3 Å². The summed E-state index contributed by atoms with van der Waals surface area (Å²) >= 11 is 0. The van der Waals surface area contributed by atoms with Crippen molar-refractivity contribution < 1.29 is 0 Å². The Hall–Kier alpha value is -14.9. The summed E-state index contributed by atoms with van der Waals surface area (Å²) in [6.45, 7) is 0. The molecule has 0 unspecified atom stereocenters. The third-order valence-corrected chi connectivity index (χ3v) is 21.9. The van der Waals surface area contributed by atoms with Gasteiger partial charge in [-0.3, -0.25) is 4.98 Å². The zero-order chi connectivity index (χ0) is 72.3. The fourth-order valence-corrected chi connectivity index (χ4v) is 16.3. The summed E-state index contributed by atoms with van der Waals surface area (Å²) in [6, 6.07) is 123. The molecule has 110 heavy (non-hydrogen) atoms. The highest BCUT2D eigenvalue weighted by Gasteiger charge is 2.21. The van der Waals surface area contributed by atoms with Crippen molar-refractivity contribution in [3.05, 3.63) is 358 Å². The van der Waals surface area contributed by atoms with Gasteiger partial charge in [0, 0.05) is 89.2 Å². The number of para-hydroxylation sites is 2. The minimum atomic E-state index is 0.638. The van der Waals surface area contributed by atoms with Gasteiger partial charge in [-0.1, -0.05) is 267 Å². The van der Waals surface area contributed by atoms with Crippen LogP contribution in [0, 0.1) is 0 Å².